The summed E-state index contributed by atoms with van der Waals surface area (Å²) in [5.74, 6) is 1.09. The number of likely N-dealkylation sites (tertiary alicyclic amines) is 1. The summed E-state index contributed by atoms with van der Waals surface area (Å²) in [4.78, 5) is 24.0. The van der Waals surface area contributed by atoms with Crippen LogP contribution in [-0.2, 0) is 4.74 Å². The highest BCUT2D eigenvalue weighted by molar-refractivity contribution is 5.96. The highest BCUT2D eigenvalue weighted by atomic mass is 16.5. The number of para-hydroxylation sites is 1. The smallest absolute Gasteiger partial charge is 0.255 e. The summed E-state index contributed by atoms with van der Waals surface area (Å²) in [5, 5.41) is 0. The molecular formula is C21H20N4O2. The molecule has 136 valence electrons. The van der Waals surface area contributed by atoms with Crippen molar-refractivity contribution < 1.29 is 9.53 Å². The molecule has 3 saturated heterocycles. The Morgan fingerprint density at radius 3 is 2.52 bits per heavy atom. The van der Waals surface area contributed by atoms with Crippen LogP contribution in [0.3, 0.4) is 0 Å². The predicted octanol–water partition coefficient (Wildman–Crippen LogP) is 2.67. The van der Waals surface area contributed by atoms with Gasteiger partial charge in [-0.05, 0) is 31.0 Å². The third-order valence-electron chi connectivity index (χ3n) is 6.41. The van der Waals surface area contributed by atoms with Crippen LogP contribution in [0.2, 0.25) is 0 Å². The van der Waals surface area contributed by atoms with E-state index in [1.807, 2.05) is 45.9 Å². The van der Waals surface area contributed by atoms with E-state index >= 15 is 0 Å². The van der Waals surface area contributed by atoms with Gasteiger partial charge in [0, 0.05) is 36.8 Å². The second kappa shape index (κ2) is 5.63. The number of imidazole rings is 1. The maximum atomic E-state index is 13.0. The second-order valence-corrected chi connectivity index (χ2v) is 7.85. The van der Waals surface area contributed by atoms with E-state index in [0.29, 0.717) is 29.6 Å². The van der Waals surface area contributed by atoms with Crippen LogP contribution in [0.4, 0.5) is 0 Å². The minimum absolute atomic E-state index is 0.0625. The monoisotopic (exact) mass is 360 g/mol. The van der Waals surface area contributed by atoms with Crippen molar-refractivity contribution in [3.63, 3.8) is 0 Å². The molecule has 0 N–H and O–H groups in total. The highest BCUT2D eigenvalue weighted by Gasteiger charge is 2.53. The van der Waals surface area contributed by atoms with Crippen LogP contribution in [-0.4, -0.2) is 50.6 Å². The van der Waals surface area contributed by atoms with Crippen LogP contribution in [0.1, 0.15) is 23.2 Å². The molecule has 2 aromatic heterocycles. The topological polar surface area (TPSA) is 60.2 Å². The maximum Gasteiger partial charge on any atom is 0.255 e. The lowest BCUT2D eigenvalue weighted by Gasteiger charge is -2.18. The number of hydrogen-bond acceptors (Lipinski definition) is 4. The minimum atomic E-state index is 0.0625. The van der Waals surface area contributed by atoms with Crippen molar-refractivity contribution in [1.29, 1.82) is 0 Å². The van der Waals surface area contributed by atoms with Gasteiger partial charge in [0.05, 0.1) is 17.8 Å². The van der Waals surface area contributed by atoms with Crippen molar-refractivity contribution in [3.05, 3.63) is 54.5 Å². The Morgan fingerprint density at radius 1 is 1.04 bits per heavy atom. The fourth-order valence-corrected chi connectivity index (χ4v) is 5.10. The van der Waals surface area contributed by atoms with Gasteiger partial charge in [0.15, 0.2) is 5.65 Å². The average Bonchev–Trinajstić information content (AvgIpc) is 3.48. The molecule has 6 rings (SSSR count). The number of fused-ring (bicyclic) bond motifs is 6. The van der Waals surface area contributed by atoms with Crippen LogP contribution in [0.5, 0.6) is 0 Å². The summed E-state index contributed by atoms with van der Waals surface area (Å²) >= 11 is 0. The fourth-order valence-electron chi connectivity index (χ4n) is 5.10. The zero-order valence-corrected chi connectivity index (χ0v) is 14.9. The number of hydrogen-bond donors (Lipinski definition) is 0. The van der Waals surface area contributed by atoms with Gasteiger partial charge in [-0.1, -0.05) is 18.2 Å². The Bertz CT molecular complexity index is 1010. The molecule has 3 aliphatic heterocycles. The first-order valence-corrected chi connectivity index (χ1v) is 9.61. The summed E-state index contributed by atoms with van der Waals surface area (Å²) in [6, 6.07) is 11.8. The van der Waals surface area contributed by atoms with E-state index in [2.05, 4.69) is 9.97 Å². The van der Waals surface area contributed by atoms with Crippen molar-refractivity contribution in [3.8, 4) is 5.69 Å². The Balaban J connectivity index is 1.29. The van der Waals surface area contributed by atoms with Crippen LogP contribution in [0.15, 0.2) is 48.9 Å². The van der Waals surface area contributed by atoms with Gasteiger partial charge in [0.25, 0.3) is 5.91 Å². The van der Waals surface area contributed by atoms with Crippen LogP contribution < -0.4 is 0 Å². The second-order valence-electron chi connectivity index (χ2n) is 7.85. The van der Waals surface area contributed by atoms with Crippen molar-refractivity contribution in [2.24, 2.45) is 11.8 Å². The van der Waals surface area contributed by atoms with E-state index in [1.54, 1.807) is 12.5 Å². The Kier molecular flexibility index (Phi) is 3.20. The molecule has 27 heavy (non-hydrogen) atoms. The number of benzene rings is 1. The number of carbonyl (C=O) groups excluding carboxylic acids is 1. The Morgan fingerprint density at radius 2 is 1.78 bits per heavy atom. The average molecular weight is 360 g/mol. The summed E-state index contributed by atoms with van der Waals surface area (Å²) in [6.07, 6.45) is 6.47. The predicted molar refractivity (Wildman–Crippen MR) is 99.6 cm³/mol. The van der Waals surface area contributed by atoms with Gasteiger partial charge in [-0.2, -0.15) is 0 Å². The van der Waals surface area contributed by atoms with E-state index < -0.39 is 0 Å². The lowest BCUT2D eigenvalue weighted by atomic mass is 9.82. The molecule has 0 unspecified atom stereocenters. The van der Waals surface area contributed by atoms with Gasteiger partial charge in [0.2, 0.25) is 0 Å². The normalized spacial score (nSPS) is 28.8. The van der Waals surface area contributed by atoms with Gasteiger partial charge in [-0.15, -0.1) is 0 Å². The van der Waals surface area contributed by atoms with Crippen molar-refractivity contribution in [2.45, 2.75) is 25.0 Å². The van der Waals surface area contributed by atoms with Gasteiger partial charge in [-0.3, -0.25) is 9.36 Å². The molecule has 3 aliphatic rings. The van der Waals surface area contributed by atoms with Gasteiger partial charge in [0.1, 0.15) is 11.8 Å². The molecule has 4 atom stereocenters. The summed E-state index contributed by atoms with van der Waals surface area (Å²) in [5.41, 5.74) is 3.14. The van der Waals surface area contributed by atoms with Crippen molar-refractivity contribution in [2.75, 3.05) is 13.1 Å². The van der Waals surface area contributed by atoms with Crippen LogP contribution in [0.25, 0.3) is 16.9 Å². The van der Waals surface area contributed by atoms with E-state index in [1.165, 1.54) is 0 Å². The lowest BCUT2D eigenvalue weighted by molar-refractivity contribution is 0.0594. The number of nitrogens with zero attached hydrogens (tertiary/aromatic N) is 4. The first-order valence-electron chi connectivity index (χ1n) is 9.61. The molecule has 5 heterocycles. The minimum Gasteiger partial charge on any atom is -0.374 e. The quantitative estimate of drug-likeness (QED) is 0.705. The first-order chi connectivity index (χ1) is 13.3. The number of aromatic nitrogens is 3. The Hall–Kier alpha value is -2.73. The molecule has 6 nitrogen and oxygen atoms in total. The SMILES string of the molecule is O=C(c1cnc2c(c1)ncn2-c1ccccc1)N1C[C@@H]2[C@H](C1)[C@H]1CC[C@@H]2O1. The van der Waals surface area contributed by atoms with Gasteiger partial charge >= 0.3 is 0 Å². The number of rotatable bonds is 2. The molecule has 0 spiro atoms. The third-order valence-corrected chi connectivity index (χ3v) is 6.41. The molecule has 1 aromatic carbocycles. The highest BCUT2D eigenvalue weighted by Crippen LogP contribution is 2.47. The zero-order chi connectivity index (χ0) is 18.0. The molecule has 0 aliphatic carbocycles. The largest absolute Gasteiger partial charge is 0.374 e. The fraction of sp³-hybridized carbons (Fsp3) is 0.381. The number of carbonyl (C=O) groups is 1. The summed E-state index contributed by atoms with van der Waals surface area (Å²) in [7, 11) is 0. The molecule has 0 radical (unpaired) electrons. The third kappa shape index (κ3) is 2.26. The first kappa shape index (κ1) is 15.3. The van der Waals surface area contributed by atoms with E-state index in [0.717, 1.165) is 42.8 Å². The zero-order valence-electron chi connectivity index (χ0n) is 14.9. The van der Waals surface area contributed by atoms with Crippen molar-refractivity contribution >= 4 is 17.1 Å². The molecule has 0 saturated carbocycles. The van der Waals surface area contributed by atoms with E-state index in [9.17, 15) is 4.79 Å². The maximum absolute atomic E-state index is 13.0. The molecule has 1 amide bonds. The Labute approximate surface area is 156 Å². The lowest BCUT2D eigenvalue weighted by Crippen LogP contribution is -2.31. The van der Waals surface area contributed by atoms with Crippen LogP contribution in [0, 0.1) is 11.8 Å². The number of pyridine rings is 1. The van der Waals surface area contributed by atoms with Crippen molar-refractivity contribution in [1.82, 2.24) is 19.4 Å². The van der Waals surface area contributed by atoms with E-state index in [4.69, 9.17) is 4.74 Å². The van der Waals surface area contributed by atoms with Gasteiger partial charge < -0.3 is 9.64 Å². The molecule has 2 bridgehead atoms. The number of ether oxygens (including phenoxy) is 1. The molecular weight excluding hydrogens is 340 g/mol. The summed E-state index contributed by atoms with van der Waals surface area (Å²) in [6.45, 7) is 1.61. The molecule has 6 heteroatoms. The molecule has 3 aromatic rings. The standard InChI is InChI=1S/C21H20N4O2/c26-21(24-10-15-16(11-24)19-7-6-18(15)27-19)13-8-17-20(22-9-13)25(12-23-17)14-4-2-1-3-5-14/h1-5,8-9,12,15-16,18-19H,6-7,10-11H2/t15-,16+,18+,19-. The van der Waals surface area contributed by atoms with Crippen LogP contribution >= 0.6 is 0 Å². The van der Waals surface area contributed by atoms with E-state index in [-0.39, 0.29) is 5.91 Å². The number of amides is 1. The van der Waals surface area contributed by atoms with Gasteiger partial charge in [-0.25, -0.2) is 9.97 Å². The summed E-state index contributed by atoms with van der Waals surface area (Å²) < 4.78 is 7.96. The molecule has 3 fully saturated rings.